The van der Waals surface area contributed by atoms with Crippen molar-refractivity contribution >= 4 is 11.8 Å². The van der Waals surface area contributed by atoms with Crippen LogP contribution in [0.1, 0.15) is 17.5 Å². The van der Waals surface area contributed by atoms with Gasteiger partial charge in [-0.1, -0.05) is 65.8 Å². The SMILES string of the molecule is [N-]=[N+]=NC1C[C@H](OCc2ccccc2)[C@@H](COCc2ccccc2)S1. The molecule has 0 amide bonds. The molecular weight excluding hydrogens is 334 g/mol. The van der Waals surface area contributed by atoms with E-state index in [-0.39, 0.29) is 16.7 Å². The summed E-state index contributed by atoms with van der Waals surface area (Å²) >= 11 is 1.64. The summed E-state index contributed by atoms with van der Waals surface area (Å²) in [5.74, 6) is 0. The Bertz CT molecular complexity index is 692. The van der Waals surface area contributed by atoms with Crippen molar-refractivity contribution in [1.29, 1.82) is 0 Å². The first kappa shape index (κ1) is 17.8. The van der Waals surface area contributed by atoms with Crippen molar-refractivity contribution in [2.24, 2.45) is 5.11 Å². The zero-order chi connectivity index (χ0) is 17.3. The molecule has 1 unspecified atom stereocenters. The van der Waals surface area contributed by atoms with Gasteiger partial charge in [-0.3, -0.25) is 0 Å². The van der Waals surface area contributed by atoms with Gasteiger partial charge in [0.1, 0.15) is 0 Å². The van der Waals surface area contributed by atoms with Crippen LogP contribution in [0.15, 0.2) is 65.8 Å². The van der Waals surface area contributed by atoms with Gasteiger partial charge >= 0.3 is 0 Å². The number of rotatable bonds is 8. The van der Waals surface area contributed by atoms with E-state index in [1.807, 2.05) is 60.7 Å². The number of hydrogen-bond donors (Lipinski definition) is 0. The van der Waals surface area contributed by atoms with Crippen LogP contribution in [0.3, 0.4) is 0 Å². The Morgan fingerprint density at radius 3 is 2.28 bits per heavy atom. The van der Waals surface area contributed by atoms with Crippen LogP contribution in [0, 0.1) is 0 Å². The molecule has 1 aliphatic heterocycles. The molecule has 25 heavy (non-hydrogen) atoms. The lowest BCUT2D eigenvalue weighted by molar-refractivity contribution is 0.0154. The molecule has 0 aromatic heterocycles. The summed E-state index contributed by atoms with van der Waals surface area (Å²) < 4.78 is 12.0. The van der Waals surface area contributed by atoms with E-state index >= 15 is 0 Å². The predicted octanol–water partition coefficient (Wildman–Crippen LogP) is 4.93. The summed E-state index contributed by atoms with van der Waals surface area (Å²) in [4.78, 5) is 2.94. The van der Waals surface area contributed by atoms with Crippen molar-refractivity contribution in [2.45, 2.75) is 36.4 Å². The molecule has 5 nitrogen and oxygen atoms in total. The van der Waals surface area contributed by atoms with Crippen molar-refractivity contribution < 1.29 is 9.47 Å². The lowest BCUT2D eigenvalue weighted by Gasteiger charge is -2.19. The molecule has 3 rings (SSSR count). The van der Waals surface area contributed by atoms with Crippen LogP contribution in [0.2, 0.25) is 0 Å². The van der Waals surface area contributed by atoms with Crippen LogP contribution in [-0.2, 0) is 22.7 Å². The van der Waals surface area contributed by atoms with Gasteiger partial charge in [0.25, 0.3) is 0 Å². The van der Waals surface area contributed by atoms with E-state index in [1.165, 1.54) is 0 Å². The normalized spacial score (nSPS) is 22.5. The highest BCUT2D eigenvalue weighted by molar-refractivity contribution is 8.00. The average Bonchev–Trinajstić information content (AvgIpc) is 3.04. The second-order valence-corrected chi connectivity index (χ2v) is 7.33. The third-order valence-electron chi connectivity index (χ3n) is 4.06. The van der Waals surface area contributed by atoms with E-state index in [9.17, 15) is 0 Å². The van der Waals surface area contributed by atoms with Gasteiger partial charge in [-0.25, -0.2) is 0 Å². The maximum atomic E-state index is 8.70. The van der Waals surface area contributed by atoms with E-state index in [0.29, 0.717) is 19.8 Å². The lowest BCUT2D eigenvalue weighted by atomic mass is 10.2. The average molecular weight is 355 g/mol. The van der Waals surface area contributed by atoms with E-state index in [0.717, 1.165) is 17.5 Å². The molecular formula is C19H21N3O2S. The Kier molecular flexibility index (Phi) is 6.77. The van der Waals surface area contributed by atoms with Crippen molar-refractivity contribution in [3.8, 4) is 0 Å². The quantitative estimate of drug-likeness (QED) is 0.383. The highest BCUT2D eigenvalue weighted by Gasteiger charge is 2.35. The monoisotopic (exact) mass is 355 g/mol. The molecule has 0 N–H and O–H groups in total. The first-order chi connectivity index (χ1) is 12.3. The van der Waals surface area contributed by atoms with Crippen molar-refractivity contribution in [3.05, 3.63) is 82.2 Å². The Labute approximate surface area is 152 Å². The Hall–Kier alpha value is -1.98. The van der Waals surface area contributed by atoms with Crippen molar-refractivity contribution in [3.63, 3.8) is 0 Å². The number of thioether (sulfide) groups is 1. The molecule has 1 heterocycles. The molecule has 0 aliphatic carbocycles. The second-order valence-electron chi connectivity index (χ2n) is 5.91. The van der Waals surface area contributed by atoms with E-state index in [4.69, 9.17) is 15.0 Å². The first-order valence-electron chi connectivity index (χ1n) is 8.32. The van der Waals surface area contributed by atoms with Gasteiger partial charge in [0, 0.05) is 4.91 Å². The van der Waals surface area contributed by atoms with Gasteiger partial charge in [0.15, 0.2) is 0 Å². The van der Waals surface area contributed by atoms with Crippen LogP contribution in [0.25, 0.3) is 10.4 Å². The predicted molar refractivity (Wildman–Crippen MR) is 100 cm³/mol. The van der Waals surface area contributed by atoms with Gasteiger partial charge in [-0.2, -0.15) is 0 Å². The van der Waals surface area contributed by atoms with Gasteiger partial charge in [-0.05, 0) is 23.1 Å². The Morgan fingerprint density at radius 1 is 1.00 bits per heavy atom. The fraction of sp³-hybridized carbons (Fsp3) is 0.368. The lowest BCUT2D eigenvalue weighted by Crippen LogP contribution is -2.26. The highest BCUT2D eigenvalue weighted by Crippen LogP contribution is 2.37. The summed E-state index contributed by atoms with van der Waals surface area (Å²) in [5, 5.41) is 3.94. The van der Waals surface area contributed by atoms with Crippen LogP contribution in [0.4, 0.5) is 0 Å². The summed E-state index contributed by atoms with van der Waals surface area (Å²) in [6.07, 6.45) is 0.748. The molecule has 1 saturated heterocycles. The zero-order valence-electron chi connectivity index (χ0n) is 13.9. The highest BCUT2D eigenvalue weighted by atomic mass is 32.2. The second kappa shape index (κ2) is 9.49. The van der Waals surface area contributed by atoms with Gasteiger partial charge < -0.3 is 9.47 Å². The Balaban J connectivity index is 1.53. The van der Waals surface area contributed by atoms with Crippen LogP contribution in [-0.4, -0.2) is 23.3 Å². The number of benzene rings is 2. The third-order valence-corrected chi connectivity index (χ3v) is 5.45. The fourth-order valence-corrected chi connectivity index (χ4v) is 4.13. The summed E-state index contributed by atoms with van der Waals surface area (Å²) in [6, 6.07) is 20.2. The third kappa shape index (κ3) is 5.51. The summed E-state index contributed by atoms with van der Waals surface area (Å²) in [5.41, 5.74) is 11.0. The van der Waals surface area contributed by atoms with E-state index in [2.05, 4.69) is 10.0 Å². The number of azide groups is 1. The maximum absolute atomic E-state index is 8.70. The molecule has 2 aromatic carbocycles. The molecule has 6 heteroatoms. The molecule has 130 valence electrons. The van der Waals surface area contributed by atoms with E-state index < -0.39 is 0 Å². The molecule has 1 fully saturated rings. The van der Waals surface area contributed by atoms with Gasteiger partial charge in [-0.15, -0.1) is 11.8 Å². The fourth-order valence-electron chi connectivity index (χ4n) is 2.79. The molecule has 0 bridgehead atoms. The zero-order valence-corrected chi connectivity index (χ0v) is 14.7. The van der Waals surface area contributed by atoms with Crippen LogP contribution >= 0.6 is 11.8 Å². The minimum absolute atomic E-state index is 0.0245. The largest absolute Gasteiger partial charge is 0.376 e. The smallest absolute Gasteiger partial charge is 0.0863 e. The molecule has 3 atom stereocenters. The minimum Gasteiger partial charge on any atom is -0.376 e. The molecule has 0 saturated carbocycles. The summed E-state index contributed by atoms with van der Waals surface area (Å²) in [7, 11) is 0. The van der Waals surface area contributed by atoms with Crippen LogP contribution < -0.4 is 0 Å². The van der Waals surface area contributed by atoms with Gasteiger partial charge in [0.05, 0.1) is 36.5 Å². The first-order valence-corrected chi connectivity index (χ1v) is 9.26. The van der Waals surface area contributed by atoms with Crippen LogP contribution in [0.5, 0.6) is 0 Å². The van der Waals surface area contributed by atoms with Crippen molar-refractivity contribution in [2.75, 3.05) is 6.61 Å². The summed E-state index contributed by atoms with van der Waals surface area (Å²) in [6.45, 7) is 1.72. The topological polar surface area (TPSA) is 67.2 Å². The molecule has 1 aliphatic rings. The minimum atomic E-state index is -0.0869. The molecule has 0 spiro atoms. The van der Waals surface area contributed by atoms with Gasteiger partial charge in [0.2, 0.25) is 0 Å². The molecule has 0 radical (unpaired) electrons. The number of nitrogens with zero attached hydrogens (tertiary/aromatic N) is 3. The number of ether oxygens (including phenoxy) is 2. The Morgan fingerprint density at radius 2 is 1.64 bits per heavy atom. The number of hydrogen-bond acceptors (Lipinski definition) is 4. The van der Waals surface area contributed by atoms with Crippen molar-refractivity contribution in [1.82, 2.24) is 0 Å². The van der Waals surface area contributed by atoms with E-state index in [1.54, 1.807) is 11.8 Å². The standard InChI is InChI=1S/C19H21N3O2S/c20-22-21-19-11-17(24-13-16-9-5-2-6-10-16)18(25-19)14-23-12-15-7-3-1-4-8-15/h1-10,17-19H,11-14H2/t17-,18+,19?/m0/s1. The maximum Gasteiger partial charge on any atom is 0.0863 e. The molecule has 2 aromatic rings.